The van der Waals surface area contributed by atoms with E-state index in [0.29, 0.717) is 35.0 Å². The Balaban J connectivity index is 2.16. The largest absolute Gasteiger partial charge is 0.481 e. The van der Waals surface area contributed by atoms with E-state index in [2.05, 4.69) is 0 Å². The molecular formula is C13H13Cl2NO3. The number of carbonyl (C=O) groups excluding carboxylic acids is 1. The van der Waals surface area contributed by atoms with Crippen LogP contribution in [0.1, 0.15) is 23.2 Å². The molecule has 1 fully saturated rings. The Kier molecular flexibility index (Phi) is 4.32. The number of rotatable bonds is 2. The van der Waals surface area contributed by atoms with Crippen LogP contribution in [0, 0.1) is 5.92 Å². The van der Waals surface area contributed by atoms with Crippen molar-refractivity contribution in [1.29, 1.82) is 0 Å². The highest BCUT2D eigenvalue weighted by molar-refractivity contribution is 6.35. The highest BCUT2D eigenvalue weighted by atomic mass is 35.5. The Hall–Kier alpha value is -1.26. The lowest BCUT2D eigenvalue weighted by Gasteiger charge is -2.30. The van der Waals surface area contributed by atoms with Crippen molar-refractivity contribution < 1.29 is 14.7 Å². The molecule has 2 rings (SSSR count). The molecule has 0 bridgehead atoms. The fourth-order valence-corrected chi connectivity index (χ4v) is 2.75. The van der Waals surface area contributed by atoms with Gasteiger partial charge in [-0.25, -0.2) is 0 Å². The maximum atomic E-state index is 12.3. The van der Waals surface area contributed by atoms with Crippen LogP contribution in [0.25, 0.3) is 0 Å². The zero-order valence-corrected chi connectivity index (χ0v) is 11.6. The second kappa shape index (κ2) is 5.80. The second-order valence-corrected chi connectivity index (χ2v) is 5.46. The van der Waals surface area contributed by atoms with E-state index in [0.717, 1.165) is 0 Å². The van der Waals surface area contributed by atoms with Crippen molar-refractivity contribution in [3.63, 3.8) is 0 Å². The average Bonchev–Trinajstić information content (AvgIpc) is 2.37. The molecule has 1 saturated heterocycles. The first kappa shape index (κ1) is 14.2. The number of nitrogens with zero attached hydrogens (tertiary/aromatic N) is 1. The number of hydrogen-bond donors (Lipinski definition) is 1. The van der Waals surface area contributed by atoms with Gasteiger partial charge in [0.2, 0.25) is 0 Å². The zero-order valence-electron chi connectivity index (χ0n) is 10.1. The van der Waals surface area contributed by atoms with Crippen LogP contribution in [0.2, 0.25) is 10.0 Å². The van der Waals surface area contributed by atoms with Gasteiger partial charge in [-0.3, -0.25) is 9.59 Å². The smallest absolute Gasteiger partial charge is 0.308 e. The summed E-state index contributed by atoms with van der Waals surface area (Å²) in [5, 5.41) is 9.80. The third-order valence-corrected chi connectivity index (χ3v) is 3.60. The maximum absolute atomic E-state index is 12.3. The minimum atomic E-state index is -0.860. The molecule has 19 heavy (non-hydrogen) atoms. The van der Waals surface area contributed by atoms with E-state index in [9.17, 15) is 9.59 Å². The molecule has 1 aliphatic rings. The maximum Gasteiger partial charge on any atom is 0.308 e. The van der Waals surface area contributed by atoms with E-state index in [1.807, 2.05) is 0 Å². The topological polar surface area (TPSA) is 57.6 Å². The molecule has 1 aromatic carbocycles. The Morgan fingerprint density at radius 2 is 1.84 bits per heavy atom. The normalized spacial score (nSPS) is 19.3. The van der Waals surface area contributed by atoms with E-state index in [4.69, 9.17) is 28.3 Å². The van der Waals surface area contributed by atoms with Crippen molar-refractivity contribution in [1.82, 2.24) is 4.90 Å². The number of amides is 1. The predicted molar refractivity (Wildman–Crippen MR) is 72.7 cm³/mol. The SMILES string of the molecule is O=C(O)[C@H]1CCCN(C(=O)c2cc(Cl)cc(Cl)c2)C1. The fourth-order valence-electron chi connectivity index (χ4n) is 2.22. The van der Waals surface area contributed by atoms with E-state index in [1.165, 1.54) is 0 Å². The van der Waals surface area contributed by atoms with Gasteiger partial charge in [-0.15, -0.1) is 0 Å². The lowest BCUT2D eigenvalue weighted by atomic mass is 9.97. The molecule has 0 unspecified atom stereocenters. The number of halogens is 2. The van der Waals surface area contributed by atoms with Gasteiger partial charge in [-0.2, -0.15) is 0 Å². The Labute approximate surface area is 120 Å². The third-order valence-electron chi connectivity index (χ3n) is 3.17. The molecular weight excluding hydrogens is 289 g/mol. The Morgan fingerprint density at radius 3 is 2.42 bits per heavy atom. The van der Waals surface area contributed by atoms with Crippen LogP contribution in [0.3, 0.4) is 0 Å². The number of aliphatic carboxylic acids is 1. The number of likely N-dealkylation sites (tertiary alicyclic amines) is 1. The molecule has 4 nitrogen and oxygen atoms in total. The van der Waals surface area contributed by atoms with Crippen molar-refractivity contribution in [2.24, 2.45) is 5.92 Å². The quantitative estimate of drug-likeness (QED) is 0.914. The first-order valence-corrected chi connectivity index (χ1v) is 6.71. The number of hydrogen-bond acceptors (Lipinski definition) is 2. The average molecular weight is 302 g/mol. The highest BCUT2D eigenvalue weighted by Gasteiger charge is 2.28. The first-order valence-electron chi connectivity index (χ1n) is 5.95. The summed E-state index contributed by atoms with van der Waals surface area (Å²) in [7, 11) is 0. The molecule has 1 aromatic rings. The van der Waals surface area contributed by atoms with E-state index < -0.39 is 11.9 Å². The molecule has 1 N–H and O–H groups in total. The van der Waals surface area contributed by atoms with Crippen molar-refractivity contribution >= 4 is 35.1 Å². The monoisotopic (exact) mass is 301 g/mol. The summed E-state index contributed by atoms with van der Waals surface area (Å²) in [5.41, 5.74) is 0.392. The van der Waals surface area contributed by atoms with Crippen LogP contribution < -0.4 is 0 Å². The van der Waals surface area contributed by atoms with Crippen LogP contribution in [0.4, 0.5) is 0 Å². The lowest BCUT2D eigenvalue weighted by molar-refractivity contribution is -0.143. The molecule has 1 atom stereocenters. The second-order valence-electron chi connectivity index (χ2n) is 4.59. The minimum Gasteiger partial charge on any atom is -0.481 e. The standard InChI is InChI=1S/C13H13Cl2NO3/c14-10-4-9(5-11(15)6-10)12(17)16-3-1-2-8(7-16)13(18)19/h4-6,8H,1-3,7H2,(H,18,19)/t8-/m0/s1. The van der Waals surface area contributed by atoms with Crippen LogP contribution in [-0.4, -0.2) is 35.0 Å². The highest BCUT2D eigenvalue weighted by Crippen LogP contribution is 2.23. The van der Waals surface area contributed by atoms with Crippen LogP contribution in [-0.2, 0) is 4.79 Å². The molecule has 6 heteroatoms. The molecule has 0 aromatic heterocycles. The van der Waals surface area contributed by atoms with Crippen molar-refractivity contribution in [3.8, 4) is 0 Å². The number of piperidine rings is 1. The summed E-state index contributed by atoms with van der Waals surface area (Å²) in [6.45, 7) is 0.797. The molecule has 102 valence electrons. The van der Waals surface area contributed by atoms with Crippen LogP contribution >= 0.6 is 23.2 Å². The Morgan fingerprint density at radius 1 is 1.21 bits per heavy atom. The van der Waals surface area contributed by atoms with Gasteiger partial charge < -0.3 is 10.0 Å². The third kappa shape index (κ3) is 3.39. The summed E-state index contributed by atoms with van der Waals surface area (Å²) in [6.07, 6.45) is 1.30. The van der Waals surface area contributed by atoms with Crippen molar-refractivity contribution in [2.45, 2.75) is 12.8 Å². The summed E-state index contributed by atoms with van der Waals surface area (Å²) in [6, 6.07) is 4.64. The van der Waals surface area contributed by atoms with Gasteiger partial charge in [-0.1, -0.05) is 23.2 Å². The van der Waals surface area contributed by atoms with Gasteiger partial charge in [0.25, 0.3) is 5.91 Å². The van der Waals surface area contributed by atoms with Crippen LogP contribution in [0.15, 0.2) is 18.2 Å². The Bertz CT molecular complexity index is 498. The van der Waals surface area contributed by atoms with Gasteiger partial charge in [0.1, 0.15) is 0 Å². The van der Waals surface area contributed by atoms with E-state index in [1.54, 1.807) is 23.1 Å². The summed E-state index contributed by atoms with van der Waals surface area (Å²) in [5.74, 6) is -1.58. The minimum absolute atomic E-state index is 0.227. The molecule has 0 spiro atoms. The summed E-state index contributed by atoms with van der Waals surface area (Å²) >= 11 is 11.7. The van der Waals surface area contributed by atoms with E-state index in [-0.39, 0.29) is 12.5 Å². The van der Waals surface area contributed by atoms with Gasteiger partial charge in [0, 0.05) is 28.7 Å². The number of carbonyl (C=O) groups is 2. The van der Waals surface area contributed by atoms with Crippen LogP contribution in [0.5, 0.6) is 0 Å². The molecule has 0 radical (unpaired) electrons. The lowest BCUT2D eigenvalue weighted by Crippen LogP contribution is -2.42. The van der Waals surface area contributed by atoms with E-state index >= 15 is 0 Å². The molecule has 1 amide bonds. The predicted octanol–water partition coefficient (Wildman–Crippen LogP) is 2.93. The fraction of sp³-hybridized carbons (Fsp3) is 0.385. The van der Waals surface area contributed by atoms with Gasteiger partial charge in [0.05, 0.1) is 5.92 Å². The first-order chi connectivity index (χ1) is 8.97. The molecule has 0 saturated carbocycles. The summed E-state index contributed by atoms with van der Waals surface area (Å²) < 4.78 is 0. The number of benzene rings is 1. The summed E-state index contributed by atoms with van der Waals surface area (Å²) in [4.78, 5) is 24.8. The molecule has 1 heterocycles. The molecule has 0 aliphatic carbocycles. The molecule has 1 aliphatic heterocycles. The zero-order chi connectivity index (χ0) is 14.0. The number of carboxylic acid groups (broad SMARTS) is 1. The van der Waals surface area contributed by atoms with Gasteiger partial charge >= 0.3 is 5.97 Å². The van der Waals surface area contributed by atoms with Crippen molar-refractivity contribution in [3.05, 3.63) is 33.8 Å². The number of carboxylic acids is 1. The van der Waals surface area contributed by atoms with Gasteiger partial charge in [0.15, 0.2) is 0 Å². The van der Waals surface area contributed by atoms with Crippen molar-refractivity contribution in [2.75, 3.05) is 13.1 Å². The van der Waals surface area contributed by atoms with Gasteiger partial charge in [-0.05, 0) is 31.0 Å².